The van der Waals surface area contributed by atoms with Crippen molar-refractivity contribution in [2.45, 2.75) is 20.3 Å². The summed E-state index contributed by atoms with van der Waals surface area (Å²) < 4.78 is 0. The maximum Gasteiger partial charge on any atom is 0.159 e. The molecule has 13 heavy (non-hydrogen) atoms. The van der Waals surface area contributed by atoms with Crippen molar-refractivity contribution >= 4 is 5.78 Å². The number of rotatable bonds is 1. The van der Waals surface area contributed by atoms with E-state index < -0.39 is 0 Å². The zero-order chi connectivity index (χ0) is 9.42. The first-order chi connectivity index (χ1) is 6.18. The number of carbonyl (C=O) groups is 1. The first kappa shape index (κ1) is 8.24. The van der Waals surface area contributed by atoms with Crippen molar-refractivity contribution in [2.75, 3.05) is 0 Å². The lowest BCUT2D eigenvalue weighted by Crippen LogP contribution is -1.90. The minimum atomic E-state index is 0.149. The third-order valence-corrected chi connectivity index (χ3v) is 2.51. The third-order valence-electron chi connectivity index (χ3n) is 2.51. The van der Waals surface area contributed by atoms with Crippen molar-refractivity contribution in [1.29, 1.82) is 0 Å². The second-order valence-corrected chi connectivity index (χ2v) is 3.56. The highest BCUT2D eigenvalue weighted by Gasteiger charge is 2.16. The van der Waals surface area contributed by atoms with Gasteiger partial charge in [-0.2, -0.15) is 0 Å². The van der Waals surface area contributed by atoms with Crippen molar-refractivity contribution in [3.8, 4) is 0 Å². The van der Waals surface area contributed by atoms with Gasteiger partial charge in [0.05, 0.1) is 0 Å². The molecule has 0 aromatic carbocycles. The molecule has 0 atom stereocenters. The molecule has 0 spiro atoms. The number of carbonyl (C=O) groups excluding carboxylic acids is 1. The Morgan fingerprint density at radius 3 is 2.77 bits per heavy atom. The highest BCUT2D eigenvalue weighted by Crippen LogP contribution is 2.32. The van der Waals surface area contributed by atoms with Gasteiger partial charge in [-0.1, -0.05) is 17.7 Å². The highest BCUT2D eigenvalue weighted by molar-refractivity contribution is 5.99. The number of fused-ring (bicyclic) bond motifs is 1. The van der Waals surface area contributed by atoms with Crippen LogP contribution in [0.4, 0.5) is 0 Å². The van der Waals surface area contributed by atoms with Crippen LogP contribution in [0.2, 0.25) is 0 Å². The molecule has 66 valence electrons. The summed E-state index contributed by atoms with van der Waals surface area (Å²) in [6, 6.07) is 0. The summed E-state index contributed by atoms with van der Waals surface area (Å²) in [5.41, 5.74) is 4.61. The predicted molar refractivity (Wildman–Crippen MR) is 53.3 cm³/mol. The fourth-order valence-electron chi connectivity index (χ4n) is 1.71. The van der Waals surface area contributed by atoms with Crippen LogP contribution in [0, 0.1) is 0 Å². The first-order valence-electron chi connectivity index (χ1n) is 4.49. The molecule has 0 unspecified atom stereocenters. The first-order valence-corrected chi connectivity index (χ1v) is 4.49. The van der Waals surface area contributed by atoms with Gasteiger partial charge in [0.25, 0.3) is 0 Å². The van der Waals surface area contributed by atoms with Crippen LogP contribution in [0.25, 0.3) is 0 Å². The number of allylic oxidation sites excluding steroid dienone is 8. The molecule has 0 amide bonds. The number of hydrogen-bond acceptors (Lipinski definition) is 1. The van der Waals surface area contributed by atoms with Crippen molar-refractivity contribution in [3.63, 3.8) is 0 Å². The van der Waals surface area contributed by atoms with Crippen molar-refractivity contribution in [3.05, 3.63) is 46.6 Å². The van der Waals surface area contributed by atoms with Crippen LogP contribution in [0.5, 0.6) is 0 Å². The average Bonchev–Trinajstić information content (AvgIpc) is 2.49. The zero-order valence-corrected chi connectivity index (χ0v) is 7.92. The molecule has 1 heteroatoms. The van der Waals surface area contributed by atoms with E-state index in [1.807, 2.05) is 12.2 Å². The van der Waals surface area contributed by atoms with Gasteiger partial charge in [-0.05, 0) is 43.6 Å². The summed E-state index contributed by atoms with van der Waals surface area (Å²) in [6.07, 6.45) is 9.21. The third kappa shape index (κ3) is 1.31. The second-order valence-electron chi connectivity index (χ2n) is 3.56. The summed E-state index contributed by atoms with van der Waals surface area (Å²) in [5.74, 6) is 0.149. The lowest BCUT2D eigenvalue weighted by Gasteiger charge is -2.09. The van der Waals surface area contributed by atoms with E-state index in [1.54, 1.807) is 6.92 Å². The van der Waals surface area contributed by atoms with Crippen LogP contribution in [-0.2, 0) is 4.79 Å². The van der Waals surface area contributed by atoms with E-state index >= 15 is 0 Å². The molecule has 1 nitrogen and oxygen atoms in total. The fraction of sp³-hybridized carbons (Fsp3) is 0.250. The lowest BCUT2D eigenvalue weighted by atomic mass is 9.96. The molecule has 0 heterocycles. The molecule has 0 fully saturated rings. The SMILES string of the molecule is CC(=O)C1=CC2=C(C)CC=CC2=C1. The number of ketones is 1. The molecule has 2 aliphatic rings. The van der Waals surface area contributed by atoms with Crippen LogP contribution in [-0.4, -0.2) is 5.78 Å². The van der Waals surface area contributed by atoms with E-state index in [0.29, 0.717) is 0 Å². The molecule has 0 radical (unpaired) electrons. The average molecular weight is 172 g/mol. The molecule has 0 saturated carbocycles. The Morgan fingerprint density at radius 2 is 2.15 bits per heavy atom. The van der Waals surface area contributed by atoms with Gasteiger partial charge in [0.1, 0.15) is 0 Å². The van der Waals surface area contributed by atoms with Gasteiger partial charge in [-0.15, -0.1) is 0 Å². The van der Waals surface area contributed by atoms with E-state index in [2.05, 4.69) is 19.1 Å². The van der Waals surface area contributed by atoms with E-state index in [4.69, 9.17) is 0 Å². The largest absolute Gasteiger partial charge is 0.295 e. The summed E-state index contributed by atoms with van der Waals surface area (Å²) in [7, 11) is 0. The van der Waals surface area contributed by atoms with Gasteiger partial charge in [0, 0.05) is 5.57 Å². The van der Waals surface area contributed by atoms with Crippen LogP contribution < -0.4 is 0 Å². The minimum absolute atomic E-state index is 0.149. The number of Topliss-reactive ketones (excluding diaryl/α,β-unsaturated/α-hetero) is 1. The summed E-state index contributed by atoms with van der Waals surface area (Å²) >= 11 is 0. The maximum atomic E-state index is 11.1. The minimum Gasteiger partial charge on any atom is -0.295 e. The molecule has 2 aliphatic carbocycles. The topological polar surface area (TPSA) is 17.1 Å². The van der Waals surface area contributed by atoms with E-state index in [9.17, 15) is 4.79 Å². The van der Waals surface area contributed by atoms with Gasteiger partial charge < -0.3 is 0 Å². The van der Waals surface area contributed by atoms with Gasteiger partial charge >= 0.3 is 0 Å². The molecule has 0 aromatic rings. The van der Waals surface area contributed by atoms with Gasteiger partial charge in [0.15, 0.2) is 5.78 Å². The van der Waals surface area contributed by atoms with Crippen LogP contribution in [0.15, 0.2) is 46.6 Å². The maximum absolute atomic E-state index is 11.1. The van der Waals surface area contributed by atoms with Crippen molar-refractivity contribution < 1.29 is 4.79 Å². The molecule has 0 aromatic heterocycles. The standard InChI is InChI=1S/C12H12O/c1-8-4-3-5-10-6-11(9(2)13)7-12(8)10/h3,5-7H,4H2,1-2H3. The normalized spacial score (nSPS) is 19.8. The summed E-state index contributed by atoms with van der Waals surface area (Å²) in [4.78, 5) is 11.1. The monoisotopic (exact) mass is 172 g/mol. The Balaban J connectivity index is 2.48. The van der Waals surface area contributed by atoms with Crippen molar-refractivity contribution in [1.82, 2.24) is 0 Å². The smallest absolute Gasteiger partial charge is 0.159 e. The summed E-state index contributed by atoms with van der Waals surface area (Å²) in [6.45, 7) is 3.73. The van der Waals surface area contributed by atoms with Crippen LogP contribution in [0.3, 0.4) is 0 Å². The fourth-order valence-corrected chi connectivity index (χ4v) is 1.71. The van der Waals surface area contributed by atoms with Gasteiger partial charge in [0.2, 0.25) is 0 Å². The highest BCUT2D eigenvalue weighted by atomic mass is 16.1. The second kappa shape index (κ2) is 2.84. The Morgan fingerprint density at radius 1 is 1.38 bits per heavy atom. The molecule has 2 rings (SSSR count). The molecule has 0 N–H and O–H groups in total. The lowest BCUT2D eigenvalue weighted by molar-refractivity contribution is -0.113. The molecule has 0 saturated heterocycles. The Kier molecular flexibility index (Phi) is 1.80. The van der Waals surface area contributed by atoms with E-state index in [-0.39, 0.29) is 5.78 Å². The van der Waals surface area contributed by atoms with E-state index in [1.165, 1.54) is 16.7 Å². The molecule has 0 aliphatic heterocycles. The number of hydrogen-bond donors (Lipinski definition) is 0. The van der Waals surface area contributed by atoms with Crippen molar-refractivity contribution in [2.24, 2.45) is 0 Å². The molecular weight excluding hydrogens is 160 g/mol. The quantitative estimate of drug-likeness (QED) is 0.594. The predicted octanol–water partition coefficient (Wildman–Crippen LogP) is 2.72. The van der Waals surface area contributed by atoms with Gasteiger partial charge in [-0.25, -0.2) is 0 Å². The molecular formula is C12H12O. The van der Waals surface area contributed by atoms with Crippen LogP contribution in [0.1, 0.15) is 20.3 Å². The van der Waals surface area contributed by atoms with Gasteiger partial charge in [-0.3, -0.25) is 4.79 Å². The summed E-state index contributed by atoms with van der Waals surface area (Å²) in [5, 5.41) is 0. The van der Waals surface area contributed by atoms with Crippen LogP contribution >= 0.6 is 0 Å². The Labute approximate surface area is 78.1 Å². The zero-order valence-electron chi connectivity index (χ0n) is 7.92. The Bertz CT molecular complexity index is 389. The van der Waals surface area contributed by atoms with E-state index in [0.717, 1.165) is 12.0 Å². The Hall–Kier alpha value is -1.37. The molecule has 0 bridgehead atoms.